The Labute approximate surface area is 101 Å². The van der Waals surface area contributed by atoms with Crippen molar-refractivity contribution < 1.29 is 4.79 Å². The van der Waals surface area contributed by atoms with Crippen molar-refractivity contribution in [3.8, 4) is 0 Å². The first-order valence-corrected chi connectivity index (χ1v) is 5.63. The van der Waals surface area contributed by atoms with Crippen molar-refractivity contribution in [3.05, 3.63) is 42.2 Å². The van der Waals surface area contributed by atoms with Gasteiger partial charge in [0.05, 0.1) is 0 Å². The number of rotatable bonds is 1. The quantitative estimate of drug-likeness (QED) is 0.815. The van der Waals surface area contributed by atoms with Crippen LogP contribution in [0.1, 0.15) is 31.3 Å². The Morgan fingerprint density at radius 3 is 2.47 bits per heavy atom. The largest absolute Gasteiger partial charge is 0.346 e. The zero-order valence-electron chi connectivity index (χ0n) is 10.3. The molecule has 0 unspecified atom stereocenters. The van der Waals surface area contributed by atoms with Crippen LogP contribution in [-0.2, 0) is 0 Å². The van der Waals surface area contributed by atoms with Crippen LogP contribution < -0.4 is 5.32 Å². The molecule has 0 atom stereocenters. The molecule has 3 nitrogen and oxygen atoms in total. The SMILES string of the molecule is CC(C)(C)NC(=O)c1cc2ccccc2cn1. The lowest BCUT2D eigenvalue weighted by Gasteiger charge is -2.20. The highest BCUT2D eigenvalue weighted by atomic mass is 16.2. The Balaban J connectivity index is 2.33. The third kappa shape index (κ3) is 2.81. The minimum Gasteiger partial charge on any atom is -0.346 e. The molecule has 17 heavy (non-hydrogen) atoms. The molecule has 0 saturated carbocycles. The minimum absolute atomic E-state index is 0.136. The third-order valence-electron chi connectivity index (χ3n) is 2.35. The summed E-state index contributed by atoms with van der Waals surface area (Å²) in [6.07, 6.45) is 1.73. The lowest BCUT2D eigenvalue weighted by atomic mass is 10.1. The summed E-state index contributed by atoms with van der Waals surface area (Å²) >= 11 is 0. The summed E-state index contributed by atoms with van der Waals surface area (Å²) in [5.41, 5.74) is 0.211. The number of fused-ring (bicyclic) bond motifs is 1. The number of hydrogen-bond acceptors (Lipinski definition) is 2. The molecule has 1 amide bonds. The van der Waals surface area contributed by atoms with Gasteiger partial charge < -0.3 is 5.32 Å². The second-order valence-corrected chi connectivity index (χ2v) is 5.12. The minimum atomic E-state index is -0.246. The van der Waals surface area contributed by atoms with E-state index in [4.69, 9.17) is 0 Å². The zero-order chi connectivity index (χ0) is 12.5. The van der Waals surface area contributed by atoms with Crippen molar-refractivity contribution in [1.29, 1.82) is 0 Å². The lowest BCUT2D eigenvalue weighted by molar-refractivity contribution is 0.0914. The number of pyridine rings is 1. The summed E-state index contributed by atoms with van der Waals surface area (Å²) in [5, 5.41) is 4.97. The first-order chi connectivity index (χ1) is 7.96. The first kappa shape index (κ1) is 11.6. The summed E-state index contributed by atoms with van der Waals surface area (Å²) in [5.74, 6) is -0.136. The molecular formula is C14H16N2O. The first-order valence-electron chi connectivity index (χ1n) is 5.63. The van der Waals surface area contributed by atoms with Crippen molar-refractivity contribution in [2.24, 2.45) is 0 Å². The maximum Gasteiger partial charge on any atom is 0.270 e. The monoisotopic (exact) mass is 228 g/mol. The second-order valence-electron chi connectivity index (χ2n) is 5.12. The lowest BCUT2D eigenvalue weighted by Crippen LogP contribution is -2.40. The van der Waals surface area contributed by atoms with Gasteiger partial charge in [-0.2, -0.15) is 0 Å². The Morgan fingerprint density at radius 2 is 1.82 bits per heavy atom. The standard InChI is InChI=1S/C14H16N2O/c1-14(2,3)16-13(17)12-8-10-6-4-5-7-11(10)9-15-12/h4-9H,1-3H3,(H,16,17). The summed E-state index contributed by atoms with van der Waals surface area (Å²) < 4.78 is 0. The average molecular weight is 228 g/mol. The van der Waals surface area contributed by atoms with Gasteiger partial charge >= 0.3 is 0 Å². The molecule has 0 fully saturated rings. The van der Waals surface area contributed by atoms with Crippen LogP contribution in [0.15, 0.2) is 36.5 Å². The molecule has 0 aliphatic carbocycles. The fourth-order valence-electron chi connectivity index (χ4n) is 1.61. The molecule has 1 aromatic heterocycles. The van der Waals surface area contributed by atoms with E-state index >= 15 is 0 Å². The molecule has 0 bridgehead atoms. The number of benzene rings is 1. The highest BCUT2D eigenvalue weighted by molar-refractivity contribution is 5.96. The number of nitrogens with zero attached hydrogens (tertiary/aromatic N) is 1. The number of carbonyl (C=O) groups excluding carboxylic acids is 1. The fourth-order valence-corrected chi connectivity index (χ4v) is 1.61. The van der Waals surface area contributed by atoms with Gasteiger partial charge in [-0.15, -0.1) is 0 Å². The molecule has 0 aliphatic heterocycles. The van der Waals surface area contributed by atoms with E-state index in [1.165, 1.54) is 0 Å². The predicted octanol–water partition coefficient (Wildman–Crippen LogP) is 2.76. The Bertz CT molecular complexity index is 555. The maximum atomic E-state index is 11.9. The van der Waals surface area contributed by atoms with E-state index in [0.717, 1.165) is 10.8 Å². The van der Waals surface area contributed by atoms with Crippen LogP contribution in [0.25, 0.3) is 10.8 Å². The van der Waals surface area contributed by atoms with Crippen molar-refractivity contribution in [3.63, 3.8) is 0 Å². The molecule has 1 heterocycles. The van der Waals surface area contributed by atoms with E-state index < -0.39 is 0 Å². The molecule has 3 heteroatoms. The van der Waals surface area contributed by atoms with Gasteiger partial charge in [-0.3, -0.25) is 9.78 Å². The van der Waals surface area contributed by atoms with Gasteiger partial charge in [0.2, 0.25) is 0 Å². The van der Waals surface area contributed by atoms with Gasteiger partial charge in [0, 0.05) is 17.1 Å². The Kier molecular flexibility index (Phi) is 2.84. The third-order valence-corrected chi connectivity index (χ3v) is 2.35. The molecule has 0 spiro atoms. The van der Waals surface area contributed by atoms with E-state index in [2.05, 4.69) is 10.3 Å². The van der Waals surface area contributed by atoms with Crippen LogP contribution in [0.4, 0.5) is 0 Å². The maximum absolute atomic E-state index is 11.9. The normalized spacial score (nSPS) is 11.5. The molecule has 88 valence electrons. The van der Waals surface area contributed by atoms with Gasteiger partial charge in [0.25, 0.3) is 5.91 Å². The van der Waals surface area contributed by atoms with Crippen LogP contribution in [0.2, 0.25) is 0 Å². The van der Waals surface area contributed by atoms with E-state index in [-0.39, 0.29) is 11.4 Å². The Hall–Kier alpha value is -1.90. The van der Waals surface area contributed by atoms with Crippen molar-refractivity contribution >= 4 is 16.7 Å². The van der Waals surface area contributed by atoms with Crippen molar-refractivity contribution in [2.45, 2.75) is 26.3 Å². The number of hydrogen-bond donors (Lipinski definition) is 1. The molecule has 0 saturated heterocycles. The van der Waals surface area contributed by atoms with Crippen LogP contribution in [-0.4, -0.2) is 16.4 Å². The number of carbonyl (C=O) groups is 1. The fraction of sp³-hybridized carbons (Fsp3) is 0.286. The van der Waals surface area contributed by atoms with E-state index in [9.17, 15) is 4.79 Å². The number of amides is 1. The highest BCUT2D eigenvalue weighted by Gasteiger charge is 2.16. The number of aromatic nitrogens is 1. The summed E-state index contributed by atoms with van der Waals surface area (Å²) in [6.45, 7) is 5.85. The topological polar surface area (TPSA) is 42.0 Å². The van der Waals surface area contributed by atoms with Crippen LogP contribution >= 0.6 is 0 Å². The van der Waals surface area contributed by atoms with Crippen molar-refractivity contribution in [1.82, 2.24) is 10.3 Å². The van der Waals surface area contributed by atoms with E-state index in [0.29, 0.717) is 5.69 Å². The van der Waals surface area contributed by atoms with Gasteiger partial charge in [0.15, 0.2) is 0 Å². The molecule has 1 N–H and O–H groups in total. The summed E-state index contributed by atoms with van der Waals surface area (Å²) in [6, 6.07) is 9.68. The molecule has 1 aromatic carbocycles. The van der Waals surface area contributed by atoms with Gasteiger partial charge in [0.1, 0.15) is 5.69 Å². The predicted molar refractivity (Wildman–Crippen MR) is 69.0 cm³/mol. The molecule has 2 aromatic rings. The second kappa shape index (κ2) is 4.17. The summed E-state index contributed by atoms with van der Waals surface area (Å²) in [7, 11) is 0. The molecule has 0 aliphatic rings. The van der Waals surface area contributed by atoms with E-state index in [1.54, 1.807) is 6.20 Å². The molecular weight excluding hydrogens is 212 g/mol. The average Bonchev–Trinajstić information content (AvgIpc) is 2.26. The number of nitrogens with one attached hydrogen (secondary N) is 1. The molecule has 0 radical (unpaired) electrons. The zero-order valence-corrected chi connectivity index (χ0v) is 10.3. The van der Waals surface area contributed by atoms with Crippen LogP contribution in [0.5, 0.6) is 0 Å². The van der Waals surface area contributed by atoms with E-state index in [1.807, 2.05) is 51.1 Å². The highest BCUT2D eigenvalue weighted by Crippen LogP contribution is 2.13. The van der Waals surface area contributed by atoms with Crippen LogP contribution in [0.3, 0.4) is 0 Å². The van der Waals surface area contributed by atoms with Crippen molar-refractivity contribution in [2.75, 3.05) is 0 Å². The van der Waals surface area contributed by atoms with Gasteiger partial charge in [-0.25, -0.2) is 0 Å². The van der Waals surface area contributed by atoms with Gasteiger partial charge in [-0.05, 0) is 32.2 Å². The summed E-state index contributed by atoms with van der Waals surface area (Å²) in [4.78, 5) is 16.1. The van der Waals surface area contributed by atoms with Crippen LogP contribution in [0, 0.1) is 0 Å². The smallest absolute Gasteiger partial charge is 0.270 e. The Morgan fingerprint density at radius 1 is 1.18 bits per heavy atom. The molecule has 2 rings (SSSR count). The van der Waals surface area contributed by atoms with Gasteiger partial charge in [-0.1, -0.05) is 24.3 Å².